The molecule has 68 valence electrons. The number of alkyl halides is 2. The van der Waals surface area contributed by atoms with E-state index in [0.717, 1.165) is 0 Å². The van der Waals surface area contributed by atoms with Crippen molar-refractivity contribution in [3.63, 3.8) is 0 Å². The second-order valence-corrected chi connectivity index (χ2v) is 2.24. The summed E-state index contributed by atoms with van der Waals surface area (Å²) in [6.45, 7) is 0. The number of nitrogens with one attached hydrogen (secondary N) is 1. The molecular weight excluding hydrogens is 168 g/mol. The summed E-state index contributed by atoms with van der Waals surface area (Å²) in [7, 11) is 1.54. The van der Waals surface area contributed by atoms with Crippen molar-refractivity contribution < 1.29 is 8.78 Å². The third-order valence-corrected chi connectivity index (χ3v) is 1.37. The smallest absolute Gasteiger partial charge is 0.260 e. The predicted octanol–water partition coefficient (Wildman–Crippen LogP) is -0.415. The average Bonchev–Trinajstić information content (AvgIpc) is 2.37. The Hall–Kier alpha value is -1.08. The molecule has 0 saturated heterocycles. The Bertz CT molecular complexity index is 248. The lowest BCUT2D eigenvalue weighted by Gasteiger charge is -2.10. The number of rotatable bonds is 3. The molecule has 12 heavy (non-hydrogen) atoms. The zero-order valence-corrected chi connectivity index (χ0v) is 6.41. The fraction of sp³-hybridized carbons (Fsp3) is 0.600. The van der Waals surface area contributed by atoms with Crippen molar-refractivity contribution >= 4 is 0 Å². The van der Waals surface area contributed by atoms with Crippen LogP contribution in [0.1, 0.15) is 11.7 Å². The summed E-state index contributed by atoms with van der Waals surface area (Å²) in [4.78, 5) is 1.20. The van der Waals surface area contributed by atoms with Crippen molar-refractivity contribution in [2.24, 2.45) is 12.9 Å². The van der Waals surface area contributed by atoms with E-state index in [9.17, 15) is 8.78 Å². The molecule has 7 heteroatoms. The maximum absolute atomic E-state index is 12.2. The summed E-state index contributed by atoms with van der Waals surface area (Å²) >= 11 is 0. The fourth-order valence-corrected chi connectivity index (χ4v) is 0.791. The molecular formula is C5H9F2N5. The molecule has 0 radical (unpaired) electrons. The monoisotopic (exact) mass is 177 g/mol. The van der Waals surface area contributed by atoms with Gasteiger partial charge >= 0.3 is 0 Å². The van der Waals surface area contributed by atoms with E-state index in [1.54, 1.807) is 7.05 Å². The van der Waals surface area contributed by atoms with Crippen molar-refractivity contribution in [3.05, 3.63) is 11.9 Å². The van der Waals surface area contributed by atoms with Crippen LogP contribution < -0.4 is 11.3 Å². The number of aryl methyl sites for hydroxylation is 1. The van der Waals surface area contributed by atoms with E-state index in [1.165, 1.54) is 11.0 Å². The largest absolute Gasteiger partial charge is 0.271 e. The number of aromatic nitrogens is 3. The zero-order valence-electron chi connectivity index (χ0n) is 6.41. The molecule has 3 N–H and O–H groups in total. The van der Waals surface area contributed by atoms with Gasteiger partial charge in [-0.05, 0) is 0 Å². The van der Waals surface area contributed by atoms with Crippen LogP contribution in [0.15, 0.2) is 6.20 Å². The zero-order chi connectivity index (χ0) is 9.14. The van der Waals surface area contributed by atoms with E-state index in [1.807, 2.05) is 5.43 Å². The van der Waals surface area contributed by atoms with E-state index in [0.29, 0.717) is 0 Å². The number of hydrogen-bond donors (Lipinski definition) is 2. The van der Waals surface area contributed by atoms with Crippen LogP contribution in [0.4, 0.5) is 8.78 Å². The van der Waals surface area contributed by atoms with E-state index in [-0.39, 0.29) is 5.69 Å². The van der Waals surface area contributed by atoms with Crippen molar-refractivity contribution in [1.29, 1.82) is 0 Å². The summed E-state index contributed by atoms with van der Waals surface area (Å²) < 4.78 is 24.3. The van der Waals surface area contributed by atoms with Crippen molar-refractivity contribution in [2.75, 3.05) is 0 Å². The molecule has 0 aliphatic carbocycles. The van der Waals surface area contributed by atoms with Crippen LogP contribution >= 0.6 is 0 Å². The van der Waals surface area contributed by atoms with E-state index < -0.39 is 12.5 Å². The van der Waals surface area contributed by atoms with Gasteiger partial charge in [-0.1, -0.05) is 0 Å². The normalized spacial score (nSPS) is 13.8. The molecule has 0 saturated carbocycles. The highest BCUT2D eigenvalue weighted by Gasteiger charge is 2.23. The highest BCUT2D eigenvalue weighted by atomic mass is 19.3. The van der Waals surface area contributed by atoms with Gasteiger partial charge < -0.3 is 0 Å². The third kappa shape index (κ3) is 1.74. The van der Waals surface area contributed by atoms with Crippen LogP contribution in [0.5, 0.6) is 0 Å². The van der Waals surface area contributed by atoms with Gasteiger partial charge in [0.1, 0.15) is 11.7 Å². The molecule has 1 atom stereocenters. The number of hydrazine groups is 1. The lowest BCUT2D eigenvalue weighted by molar-refractivity contribution is 0.0965. The maximum atomic E-state index is 12.2. The number of hydrogen-bond acceptors (Lipinski definition) is 4. The van der Waals surface area contributed by atoms with Gasteiger partial charge in [0.05, 0.1) is 6.20 Å². The summed E-state index contributed by atoms with van der Waals surface area (Å²) in [6, 6.07) is -1.25. The van der Waals surface area contributed by atoms with Crippen molar-refractivity contribution in [3.8, 4) is 0 Å². The SMILES string of the molecule is Cn1ncc(C(NN)C(F)F)n1. The van der Waals surface area contributed by atoms with Gasteiger partial charge in [0.15, 0.2) is 0 Å². The van der Waals surface area contributed by atoms with Crippen LogP contribution in [0, 0.1) is 0 Å². The highest BCUT2D eigenvalue weighted by molar-refractivity contribution is 5.00. The van der Waals surface area contributed by atoms with Crippen molar-refractivity contribution in [2.45, 2.75) is 12.5 Å². The molecule has 0 aliphatic heterocycles. The second kappa shape index (κ2) is 3.55. The molecule has 0 fully saturated rings. The van der Waals surface area contributed by atoms with Crippen molar-refractivity contribution in [1.82, 2.24) is 20.4 Å². The summed E-state index contributed by atoms with van der Waals surface area (Å²) in [6.07, 6.45) is -1.34. The van der Waals surface area contributed by atoms with E-state index >= 15 is 0 Å². The van der Waals surface area contributed by atoms with Crippen LogP contribution in [0.2, 0.25) is 0 Å². The average molecular weight is 177 g/mol. The molecule has 1 rings (SSSR count). The standard InChI is InChI=1S/C5H9F2N5/c1-12-9-2-3(11-12)4(10-8)5(6)7/h2,4-5,10H,8H2,1H3. The molecule has 1 aromatic heterocycles. The predicted molar refractivity (Wildman–Crippen MR) is 37.1 cm³/mol. The molecule has 0 aromatic carbocycles. The number of nitrogens with two attached hydrogens (primary N) is 1. The maximum Gasteiger partial charge on any atom is 0.260 e. The molecule has 0 amide bonds. The van der Waals surface area contributed by atoms with Gasteiger partial charge in [0.25, 0.3) is 6.43 Å². The first-order valence-electron chi connectivity index (χ1n) is 3.25. The van der Waals surface area contributed by atoms with Crippen LogP contribution in [0.3, 0.4) is 0 Å². The highest BCUT2D eigenvalue weighted by Crippen LogP contribution is 2.15. The number of nitrogens with zero attached hydrogens (tertiary/aromatic N) is 3. The summed E-state index contributed by atoms with van der Waals surface area (Å²) in [5.74, 6) is 4.91. The Balaban J connectivity index is 2.80. The van der Waals surface area contributed by atoms with Crippen LogP contribution in [-0.4, -0.2) is 21.4 Å². The Morgan fingerprint density at radius 2 is 2.33 bits per heavy atom. The fourth-order valence-electron chi connectivity index (χ4n) is 0.791. The minimum atomic E-state index is -2.59. The molecule has 1 heterocycles. The van der Waals surface area contributed by atoms with Gasteiger partial charge in [-0.25, -0.2) is 14.2 Å². The first-order chi connectivity index (χ1) is 5.65. The summed E-state index contributed by atoms with van der Waals surface area (Å²) in [5.41, 5.74) is 2.10. The van der Waals surface area contributed by atoms with E-state index in [4.69, 9.17) is 5.84 Å². The topological polar surface area (TPSA) is 68.8 Å². The Morgan fingerprint density at radius 1 is 1.67 bits per heavy atom. The first kappa shape index (κ1) is 9.01. The van der Waals surface area contributed by atoms with Gasteiger partial charge in [-0.15, -0.1) is 0 Å². The quantitative estimate of drug-likeness (QED) is 0.486. The third-order valence-electron chi connectivity index (χ3n) is 1.37. The van der Waals surface area contributed by atoms with Crippen LogP contribution in [-0.2, 0) is 7.05 Å². The van der Waals surface area contributed by atoms with Gasteiger partial charge in [0.2, 0.25) is 0 Å². The Labute approximate surface area is 67.5 Å². The molecule has 5 nitrogen and oxygen atoms in total. The Kier molecular flexibility index (Phi) is 2.66. The van der Waals surface area contributed by atoms with E-state index in [2.05, 4.69) is 10.2 Å². The minimum Gasteiger partial charge on any atom is -0.271 e. The van der Waals surface area contributed by atoms with Gasteiger partial charge in [-0.2, -0.15) is 15.0 Å². The summed E-state index contributed by atoms with van der Waals surface area (Å²) in [5, 5.41) is 7.33. The van der Waals surface area contributed by atoms with Gasteiger partial charge in [0, 0.05) is 7.05 Å². The molecule has 1 aromatic rings. The lowest BCUT2D eigenvalue weighted by atomic mass is 10.2. The molecule has 0 bridgehead atoms. The van der Waals surface area contributed by atoms with Gasteiger partial charge in [-0.3, -0.25) is 5.84 Å². The second-order valence-electron chi connectivity index (χ2n) is 2.24. The first-order valence-corrected chi connectivity index (χ1v) is 3.25. The molecule has 0 aliphatic rings. The lowest BCUT2D eigenvalue weighted by Crippen LogP contribution is -2.33. The number of halogens is 2. The van der Waals surface area contributed by atoms with Crippen LogP contribution in [0.25, 0.3) is 0 Å². The molecule has 1 unspecified atom stereocenters. The Morgan fingerprint density at radius 3 is 2.67 bits per heavy atom. The minimum absolute atomic E-state index is 0.134. The molecule has 0 spiro atoms.